The highest BCUT2D eigenvalue weighted by Crippen LogP contribution is 2.21. The van der Waals surface area contributed by atoms with Crippen molar-refractivity contribution >= 4 is 8.07 Å². The summed E-state index contributed by atoms with van der Waals surface area (Å²) in [6.45, 7) is 9.38. The van der Waals surface area contributed by atoms with Crippen molar-refractivity contribution in [1.29, 1.82) is 0 Å². The van der Waals surface area contributed by atoms with E-state index in [1.165, 1.54) is 43.8 Å². The molecule has 0 atom stereocenters. The van der Waals surface area contributed by atoms with E-state index in [-0.39, 0.29) is 0 Å². The summed E-state index contributed by atoms with van der Waals surface area (Å²) >= 11 is 0. The Hall–Kier alpha value is -0.0431. The van der Waals surface area contributed by atoms with Crippen molar-refractivity contribution in [3.63, 3.8) is 0 Å². The van der Waals surface area contributed by atoms with Gasteiger partial charge in [0, 0.05) is 0 Å². The molecular weight excluding hydrogens is 184 g/mol. The highest BCUT2D eigenvalue weighted by molar-refractivity contribution is 6.84. The SMILES string of the molecule is CCCCC/C=C/[Si](CC)(CC)CC. The highest BCUT2D eigenvalue weighted by atomic mass is 28.3. The van der Waals surface area contributed by atoms with Gasteiger partial charge in [-0.25, -0.2) is 0 Å². The zero-order valence-electron chi connectivity index (χ0n) is 10.6. The maximum absolute atomic E-state index is 2.61. The molecule has 0 heterocycles. The van der Waals surface area contributed by atoms with E-state index in [0.29, 0.717) is 0 Å². The van der Waals surface area contributed by atoms with Gasteiger partial charge in [-0.05, 0) is 12.8 Å². The van der Waals surface area contributed by atoms with Crippen LogP contribution in [0.2, 0.25) is 18.1 Å². The fraction of sp³-hybridized carbons (Fsp3) is 0.846. The second-order valence-corrected chi connectivity index (χ2v) is 9.50. The zero-order chi connectivity index (χ0) is 10.9. The van der Waals surface area contributed by atoms with Crippen molar-refractivity contribution in [1.82, 2.24) is 0 Å². The molecule has 14 heavy (non-hydrogen) atoms. The third kappa shape index (κ3) is 4.99. The summed E-state index contributed by atoms with van der Waals surface area (Å²) in [5.74, 6) is 0. The van der Waals surface area contributed by atoms with Crippen LogP contribution in [-0.2, 0) is 0 Å². The van der Waals surface area contributed by atoms with Crippen molar-refractivity contribution in [2.24, 2.45) is 0 Å². The number of unbranched alkanes of at least 4 members (excludes halogenated alkanes) is 3. The van der Waals surface area contributed by atoms with Gasteiger partial charge >= 0.3 is 0 Å². The lowest BCUT2D eigenvalue weighted by Crippen LogP contribution is -2.28. The van der Waals surface area contributed by atoms with Gasteiger partial charge in [-0.1, -0.05) is 70.4 Å². The summed E-state index contributed by atoms with van der Waals surface area (Å²) < 4.78 is 0. The molecule has 0 fully saturated rings. The molecule has 0 aromatic heterocycles. The van der Waals surface area contributed by atoms with Crippen LogP contribution in [-0.4, -0.2) is 8.07 Å². The maximum atomic E-state index is 2.61. The molecule has 0 unspecified atom stereocenters. The predicted octanol–water partition coefficient (Wildman–Crippen LogP) is 5.17. The quantitative estimate of drug-likeness (QED) is 0.384. The average Bonchev–Trinajstić information content (AvgIpc) is 2.24. The number of rotatable bonds is 8. The van der Waals surface area contributed by atoms with Crippen LogP contribution in [0.25, 0.3) is 0 Å². The van der Waals surface area contributed by atoms with Gasteiger partial charge in [-0.2, -0.15) is 0 Å². The molecule has 0 nitrogen and oxygen atoms in total. The molecule has 1 heteroatoms. The molecule has 0 saturated carbocycles. The molecule has 0 aliphatic carbocycles. The van der Waals surface area contributed by atoms with Crippen molar-refractivity contribution in [2.75, 3.05) is 0 Å². The Balaban J connectivity index is 3.90. The van der Waals surface area contributed by atoms with Crippen LogP contribution in [0, 0.1) is 0 Å². The lowest BCUT2D eigenvalue weighted by Gasteiger charge is -2.23. The molecule has 0 spiro atoms. The summed E-state index contributed by atoms with van der Waals surface area (Å²) in [4.78, 5) is 0. The molecule has 0 bridgehead atoms. The first kappa shape index (κ1) is 14.0. The lowest BCUT2D eigenvalue weighted by molar-refractivity contribution is 0.729. The molecule has 0 rings (SSSR count). The van der Waals surface area contributed by atoms with Crippen LogP contribution in [0.5, 0.6) is 0 Å². The summed E-state index contributed by atoms with van der Waals surface area (Å²) in [7, 11) is -0.958. The van der Waals surface area contributed by atoms with E-state index >= 15 is 0 Å². The Bertz CT molecular complexity index is 137. The van der Waals surface area contributed by atoms with E-state index in [1.54, 1.807) is 0 Å². The minimum atomic E-state index is -0.958. The Kier molecular flexibility index (Phi) is 8.25. The topological polar surface area (TPSA) is 0 Å². The molecule has 0 aromatic rings. The van der Waals surface area contributed by atoms with Gasteiger partial charge in [0.1, 0.15) is 0 Å². The van der Waals surface area contributed by atoms with Gasteiger partial charge in [0.25, 0.3) is 0 Å². The number of hydrogen-bond donors (Lipinski definition) is 0. The standard InChI is InChI=1S/C13H28Si/c1-5-9-10-11-12-13-14(6-2,7-3)8-4/h12-13H,5-11H2,1-4H3/b13-12+. The van der Waals surface area contributed by atoms with Crippen LogP contribution in [0.4, 0.5) is 0 Å². The van der Waals surface area contributed by atoms with Crippen LogP contribution in [0.15, 0.2) is 11.8 Å². The first-order valence-corrected chi connectivity index (χ1v) is 9.12. The molecular formula is C13H28Si. The average molecular weight is 212 g/mol. The lowest BCUT2D eigenvalue weighted by atomic mass is 10.2. The molecule has 0 amide bonds. The zero-order valence-corrected chi connectivity index (χ0v) is 11.6. The van der Waals surface area contributed by atoms with Crippen LogP contribution < -0.4 is 0 Å². The fourth-order valence-corrected chi connectivity index (χ4v) is 4.82. The van der Waals surface area contributed by atoms with E-state index in [4.69, 9.17) is 0 Å². The Labute approximate surface area is 91.8 Å². The molecule has 0 saturated heterocycles. The van der Waals surface area contributed by atoms with Crippen LogP contribution in [0.1, 0.15) is 53.4 Å². The summed E-state index contributed by atoms with van der Waals surface area (Å²) in [5, 5.41) is 0. The predicted molar refractivity (Wildman–Crippen MR) is 70.5 cm³/mol. The second-order valence-electron chi connectivity index (χ2n) is 4.32. The third-order valence-corrected chi connectivity index (χ3v) is 8.73. The van der Waals surface area contributed by atoms with Gasteiger partial charge in [-0.15, -0.1) is 0 Å². The molecule has 0 aliphatic rings. The van der Waals surface area contributed by atoms with Crippen molar-refractivity contribution < 1.29 is 0 Å². The normalized spacial score (nSPS) is 12.6. The molecule has 0 aromatic carbocycles. The Morgan fingerprint density at radius 3 is 1.86 bits per heavy atom. The Morgan fingerprint density at radius 1 is 0.857 bits per heavy atom. The first-order chi connectivity index (χ1) is 6.74. The van der Waals surface area contributed by atoms with Gasteiger partial charge in [0.05, 0.1) is 8.07 Å². The van der Waals surface area contributed by atoms with Gasteiger partial charge in [0.15, 0.2) is 0 Å². The maximum Gasteiger partial charge on any atom is 0.0766 e. The smallest absolute Gasteiger partial charge is 0.0766 e. The van der Waals surface area contributed by atoms with Gasteiger partial charge in [0.2, 0.25) is 0 Å². The van der Waals surface area contributed by atoms with Crippen LogP contribution >= 0.6 is 0 Å². The monoisotopic (exact) mass is 212 g/mol. The second kappa shape index (κ2) is 8.28. The summed E-state index contributed by atoms with van der Waals surface area (Å²) in [6, 6.07) is 4.26. The molecule has 0 aliphatic heterocycles. The molecule has 84 valence electrons. The van der Waals surface area contributed by atoms with Crippen LogP contribution in [0.3, 0.4) is 0 Å². The van der Waals surface area contributed by atoms with E-state index in [9.17, 15) is 0 Å². The summed E-state index contributed by atoms with van der Waals surface area (Å²) in [5.41, 5.74) is 2.61. The van der Waals surface area contributed by atoms with Crippen molar-refractivity contribution in [2.45, 2.75) is 71.5 Å². The van der Waals surface area contributed by atoms with Crippen molar-refractivity contribution in [3.05, 3.63) is 11.8 Å². The van der Waals surface area contributed by atoms with E-state index in [2.05, 4.69) is 39.5 Å². The number of allylic oxidation sites excluding steroid dienone is 1. The van der Waals surface area contributed by atoms with E-state index in [1.807, 2.05) is 0 Å². The van der Waals surface area contributed by atoms with E-state index in [0.717, 1.165) is 0 Å². The minimum absolute atomic E-state index is 0.958. The van der Waals surface area contributed by atoms with Gasteiger partial charge in [-0.3, -0.25) is 0 Å². The third-order valence-electron chi connectivity index (χ3n) is 3.56. The summed E-state index contributed by atoms with van der Waals surface area (Å²) in [6.07, 6.45) is 7.89. The first-order valence-electron chi connectivity index (χ1n) is 6.42. The largest absolute Gasteiger partial charge is 0.0981 e. The highest BCUT2D eigenvalue weighted by Gasteiger charge is 2.22. The minimum Gasteiger partial charge on any atom is -0.0981 e. The van der Waals surface area contributed by atoms with E-state index < -0.39 is 8.07 Å². The fourth-order valence-electron chi connectivity index (χ4n) is 1.95. The Morgan fingerprint density at radius 2 is 1.43 bits per heavy atom. The van der Waals surface area contributed by atoms with Crippen molar-refractivity contribution in [3.8, 4) is 0 Å². The number of hydrogen-bond acceptors (Lipinski definition) is 0. The molecule has 0 N–H and O–H groups in total. The molecule has 0 radical (unpaired) electrons. The van der Waals surface area contributed by atoms with Gasteiger partial charge < -0.3 is 0 Å².